The maximum Gasteiger partial charge on any atom is 0.151 e. The van der Waals surface area contributed by atoms with E-state index in [2.05, 4.69) is 5.43 Å². The molecule has 1 aliphatic rings. The molecule has 0 radical (unpaired) electrons. The van der Waals surface area contributed by atoms with E-state index in [1.54, 1.807) is 0 Å². The Balaban J connectivity index is 2.56. The highest BCUT2D eigenvalue weighted by Gasteiger charge is 2.23. The summed E-state index contributed by atoms with van der Waals surface area (Å²) >= 11 is 0. The van der Waals surface area contributed by atoms with Crippen LogP contribution in [-0.4, -0.2) is 26.0 Å². The van der Waals surface area contributed by atoms with E-state index in [0.717, 1.165) is 12.8 Å². The molecule has 4 nitrogen and oxygen atoms in total. The summed E-state index contributed by atoms with van der Waals surface area (Å²) in [5, 5.41) is 0. The third kappa shape index (κ3) is 1.93. The second kappa shape index (κ2) is 2.86. The predicted molar refractivity (Wildman–Crippen MR) is 39.0 cm³/mol. The Morgan fingerprint density at radius 2 is 2.20 bits per heavy atom. The minimum Gasteiger partial charge on any atom is -0.271 e. The van der Waals surface area contributed by atoms with Crippen molar-refractivity contribution in [2.24, 2.45) is 5.84 Å². The molecule has 0 amide bonds. The van der Waals surface area contributed by atoms with Gasteiger partial charge in [0.25, 0.3) is 0 Å². The van der Waals surface area contributed by atoms with Gasteiger partial charge in [0.15, 0.2) is 9.84 Å². The number of nitrogens with one attached hydrogen (secondary N) is 1. The average molecular weight is 164 g/mol. The van der Waals surface area contributed by atoms with E-state index in [4.69, 9.17) is 5.84 Å². The molecule has 0 spiro atoms. The lowest BCUT2D eigenvalue weighted by atomic mass is 10.2. The van der Waals surface area contributed by atoms with E-state index >= 15 is 0 Å². The first-order chi connectivity index (χ1) is 4.64. The minimum atomic E-state index is -2.79. The summed E-state index contributed by atoms with van der Waals surface area (Å²) in [6.07, 6.45) is 1.60. The Morgan fingerprint density at radius 1 is 1.50 bits per heavy atom. The van der Waals surface area contributed by atoms with E-state index in [-0.39, 0.29) is 11.8 Å². The monoisotopic (exact) mass is 164 g/mol. The Bertz CT molecular complexity index is 200. The molecule has 60 valence electrons. The Labute approximate surface area is 60.7 Å². The molecule has 0 aromatic heterocycles. The molecular formula is C5H12N2O2S. The molecule has 1 fully saturated rings. The van der Waals surface area contributed by atoms with Crippen LogP contribution in [0.5, 0.6) is 0 Å². The quantitative estimate of drug-likeness (QED) is 0.386. The third-order valence-corrected chi connectivity index (χ3v) is 3.52. The SMILES string of the molecule is NN[C@H]1CCCS(=O)(=O)C1. The Morgan fingerprint density at radius 3 is 2.60 bits per heavy atom. The van der Waals surface area contributed by atoms with Crippen LogP contribution in [0.4, 0.5) is 0 Å². The average Bonchev–Trinajstić information content (AvgIpc) is 1.86. The van der Waals surface area contributed by atoms with Crippen molar-refractivity contribution in [3.63, 3.8) is 0 Å². The molecule has 5 heteroatoms. The summed E-state index contributed by atoms with van der Waals surface area (Å²) in [4.78, 5) is 0. The van der Waals surface area contributed by atoms with Crippen molar-refractivity contribution in [2.75, 3.05) is 11.5 Å². The molecule has 0 bridgehead atoms. The van der Waals surface area contributed by atoms with Gasteiger partial charge in [-0.1, -0.05) is 0 Å². The molecule has 0 saturated carbocycles. The van der Waals surface area contributed by atoms with Crippen LogP contribution in [0.2, 0.25) is 0 Å². The van der Waals surface area contributed by atoms with Crippen molar-refractivity contribution in [3.8, 4) is 0 Å². The van der Waals surface area contributed by atoms with E-state index in [1.165, 1.54) is 0 Å². The van der Waals surface area contributed by atoms with E-state index in [9.17, 15) is 8.42 Å². The first kappa shape index (κ1) is 7.97. The first-order valence-electron chi connectivity index (χ1n) is 3.30. The smallest absolute Gasteiger partial charge is 0.151 e. The van der Waals surface area contributed by atoms with E-state index in [1.807, 2.05) is 0 Å². The second-order valence-electron chi connectivity index (χ2n) is 2.62. The van der Waals surface area contributed by atoms with Gasteiger partial charge in [-0.05, 0) is 12.8 Å². The molecule has 3 N–H and O–H groups in total. The topological polar surface area (TPSA) is 72.2 Å². The zero-order valence-corrected chi connectivity index (χ0v) is 6.52. The molecule has 0 aromatic carbocycles. The molecule has 1 rings (SSSR count). The highest BCUT2D eigenvalue weighted by Crippen LogP contribution is 2.10. The minimum absolute atomic E-state index is 0.0289. The van der Waals surface area contributed by atoms with Gasteiger partial charge in [0.1, 0.15) is 0 Å². The van der Waals surface area contributed by atoms with Gasteiger partial charge in [0.2, 0.25) is 0 Å². The summed E-state index contributed by atoms with van der Waals surface area (Å²) in [5.41, 5.74) is 2.48. The maximum absolute atomic E-state index is 10.9. The van der Waals surface area contributed by atoms with Gasteiger partial charge in [-0.2, -0.15) is 0 Å². The molecule has 1 aliphatic heterocycles. The van der Waals surface area contributed by atoms with Crippen molar-refractivity contribution >= 4 is 9.84 Å². The van der Waals surface area contributed by atoms with Crippen LogP contribution in [0.3, 0.4) is 0 Å². The fourth-order valence-corrected chi connectivity index (χ4v) is 2.80. The predicted octanol–water partition coefficient (Wildman–Crippen LogP) is -0.973. The van der Waals surface area contributed by atoms with Crippen LogP contribution in [0.25, 0.3) is 0 Å². The molecular weight excluding hydrogens is 152 g/mol. The molecule has 0 unspecified atom stereocenters. The van der Waals surface area contributed by atoms with Crippen molar-refractivity contribution < 1.29 is 8.42 Å². The zero-order valence-electron chi connectivity index (χ0n) is 5.71. The number of nitrogens with two attached hydrogens (primary N) is 1. The summed E-state index contributed by atoms with van der Waals surface area (Å²) in [6, 6.07) is -0.0289. The van der Waals surface area contributed by atoms with Crippen LogP contribution in [0.1, 0.15) is 12.8 Å². The van der Waals surface area contributed by atoms with Crippen LogP contribution in [0.15, 0.2) is 0 Å². The van der Waals surface area contributed by atoms with Crippen molar-refractivity contribution in [2.45, 2.75) is 18.9 Å². The van der Waals surface area contributed by atoms with Crippen LogP contribution >= 0.6 is 0 Å². The van der Waals surface area contributed by atoms with Gasteiger partial charge in [-0.15, -0.1) is 0 Å². The van der Waals surface area contributed by atoms with Crippen LogP contribution < -0.4 is 11.3 Å². The van der Waals surface area contributed by atoms with Gasteiger partial charge in [0, 0.05) is 6.04 Å². The number of hydrogen-bond donors (Lipinski definition) is 2. The molecule has 0 aliphatic carbocycles. The maximum atomic E-state index is 10.9. The van der Waals surface area contributed by atoms with Gasteiger partial charge < -0.3 is 0 Å². The lowest BCUT2D eigenvalue weighted by molar-refractivity contribution is 0.491. The fraction of sp³-hybridized carbons (Fsp3) is 1.00. The van der Waals surface area contributed by atoms with Crippen LogP contribution in [0, 0.1) is 0 Å². The normalized spacial score (nSPS) is 31.9. The van der Waals surface area contributed by atoms with E-state index < -0.39 is 9.84 Å². The van der Waals surface area contributed by atoms with Crippen LogP contribution in [-0.2, 0) is 9.84 Å². The molecule has 1 saturated heterocycles. The van der Waals surface area contributed by atoms with Gasteiger partial charge in [-0.3, -0.25) is 11.3 Å². The lowest BCUT2D eigenvalue weighted by Crippen LogP contribution is -2.43. The highest BCUT2D eigenvalue weighted by atomic mass is 32.2. The van der Waals surface area contributed by atoms with Crippen molar-refractivity contribution in [1.82, 2.24) is 5.43 Å². The second-order valence-corrected chi connectivity index (χ2v) is 4.85. The summed E-state index contributed by atoms with van der Waals surface area (Å²) < 4.78 is 21.8. The molecule has 0 aromatic rings. The summed E-state index contributed by atoms with van der Waals surface area (Å²) in [6.45, 7) is 0. The highest BCUT2D eigenvalue weighted by molar-refractivity contribution is 7.91. The van der Waals surface area contributed by atoms with Crippen molar-refractivity contribution in [1.29, 1.82) is 0 Å². The largest absolute Gasteiger partial charge is 0.271 e. The number of sulfone groups is 1. The fourth-order valence-electron chi connectivity index (χ4n) is 1.15. The van der Waals surface area contributed by atoms with Gasteiger partial charge >= 0.3 is 0 Å². The van der Waals surface area contributed by atoms with Gasteiger partial charge in [0.05, 0.1) is 11.5 Å². The Hall–Kier alpha value is -0.130. The van der Waals surface area contributed by atoms with Gasteiger partial charge in [-0.25, -0.2) is 8.42 Å². The van der Waals surface area contributed by atoms with Crippen molar-refractivity contribution in [3.05, 3.63) is 0 Å². The summed E-state index contributed by atoms with van der Waals surface area (Å²) in [7, 11) is -2.79. The number of hydrogen-bond acceptors (Lipinski definition) is 4. The molecule has 1 atom stereocenters. The first-order valence-corrected chi connectivity index (χ1v) is 5.13. The number of rotatable bonds is 1. The summed E-state index contributed by atoms with van der Waals surface area (Å²) in [5.74, 6) is 5.63. The molecule has 10 heavy (non-hydrogen) atoms. The number of hydrazine groups is 1. The zero-order chi connectivity index (χ0) is 7.61. The Kier molecular flexibility index (Phi) is 2.28. The standard InChI is InChI=1S/C5H12N2O2S/c6-7-5-2-1-3-10(8,9)4-5/h5,7H,1-4,6H2/t5-/m0/s1. The molecule has 1 heterocycles. The van der Waals surface area contributed by atoms with E-state index in [0.29, 0.717) is 5.75 Å². The lowest BCUT2D eigenvalue weighted by Gasteiger charge is -2.20. The third-order valence-electron chi connectivity index (χ3n) is 1.70.